The number of nitrogens with one attached hydrogen (secondary N) is 1. The second-order valence-corrected chi connectivity index (χ2v) is 3.89. The van der Waals surface area contributed by atoms with E-state index in [1.807, 2.05) is 7.05 Å². The Morgan fingerprint density at radius 2 is 2.30 bits per heavy atom. The first kappa shape index (κ1) is 8.45. The highest BCUT2D eigenvalue weighted by molar-refractivity contribution is 7.13. The van der Waals surface area contributed by atoms with E-state index in [1.54, 1.807) is 0 Å². The molecule has 1 saturated heterocycles. The quantitative estimate of drug-likeness (QED) is 0.568. The van der Waals surface area contributed by atoms with E-state index in [1.165, 1.54) is 19.5 Å². The summed E-state index contributed by atoms with van der Waals surface area (Å²) >= 11 is 0. The molecular formula is C7H17N2P. The van der Waals surface area contributed by atoms with Crippen molar-refractivity contribution in [1.82, 2.24) is 9.99 Å². The molecule has 60 valence electrons. The number of piperidine rings is 1. The monoisotopic (exact) mass is 160 g/mol. The third kappa shape index (κ3) is 1.91. The van der Waals surface area contributed by atoms with E-state index in [2.05, 4.69) is 26.3 Å². The van der Waals surface area contributed by atoms with E-state index >= 15 is 0 Å². The summed E-state index contributed by atoms with van der Waals surface area (Å²) in [5.41, 5.74) is 0. The molecule has 1 aliphatic heterocycles. The number of rotatable bonds is 1. The van der Waals surface area contributed by atoms with Crippen LogP contribution in [0.25, 0.3) is 0 Å². The number of likely N-dealkylation sites (N-methyl/N-ethyl adjacent to an activating group) is 1. The van der Waals surface area contributed by atoms with Crippen LogP contribution in [0.1, 0.15) is 13.3 Å². The third-order valence-electron chi connectivity index (χ3n) is 2.36. The largest absolute Gasteiger partial charge is 0.315 e. The van der Waals surface area contributed by atoms with E-state index in [0.717, 1.165) is 5.92 Å². The Bertz CT molecular complexity index is 108. The summed E-state index contributed by atoms with van der Waals surface area (Å²) in [4.78, 5) is 0. The molecule has 1 fully saturated rings. The summed E-state index contributed by atoms with van der Waals surface area (Å²) in [5.74, 6) is 0.835. The summed E-state index contributed by atoms with van der Waals surface area (Å²) in [5, 5.41) is 3.33. The van der Waals surface area contributed by atoms with Gasteiger partial charge in [0.15, 0.2) is 0 Å². The fourth-order valence-corrected chi connectivity index (χ4v) is 1.85. The molecule has 10 heavy (non-hydrogen) atoms. The van der Waals surface area contributed by atoms with Gasteiger partial charge in [-0.1, -0.05) is 16.3 Å². The van der Waals surface area contributed by atoms with Crippen molar-refractivity contribution in [1.29, 1.82) is 0 Å². The van der Waals surface area contributed by atoms with Crippen LogP contribution in [0, 0.1) is 5.92 Å². The van der Waals surface area contributed by atoms with E-state index in [9.17, 15) is 0 Å². The Morgan fingerprint density at radius 3 is 2.80 bits per heavy atom. The molecular weight excluding hydrogens is 143 g/mol. The minimum Gasteiger partial charge on any atom is -0.315 e. The highest BCUT2D eigenvalue weighted by atomic mass is 31.0. The lowest BCUT2D eigenvalue weighted by Crippen LogP contribution is -2.45. The Kier molecular flexibility index (Phi) is 3.09. The topological polar surface area (TPSA) is 15.3 Å². The van der Waals surface area contributed by atoms with Crippen LogP contribution in [0.2, 0.25) is 0 Å². The normalized spacial score (nSPS) is 36.3. The van der Waals surface area contributed by atoms with Gasteiger partial charge in [0.05, 0.1) is 0 Å². The van der Waals surface area contributed by atoms with Crippen molar-refractivity contribution in [3.8, 4) is 0 Å². The molecule has 0 aromatic carbocycles. The number of nitrogens with zero attached hydrogens (tertiary/aromatic N) is 1. The second-order valence-electron chi connectivity index (χ2n) is 3.16. The Hall–Kier alpha value is 0.350. The van der Waals surface area contributed by atoms with Crippen molar-refractivity contribution < 1.29 is 0 Å². The summed E-state index contributed by atoms with van der Waals surface area (Å²) in [6, 6.07) is 0.686. The van der Waals surface area contributed by atoms with Crippen molar-refractivity contribution >= 4 is 9.39 Å². The van der Waals surface area contributed by atoms with E-state index in [4.69, 9.17) is 0 Å². The highest BCUT2D eigenvalue weighted by Crippen LogP contribution is 2.18. The van der Waals surface area contributed by atoms with Gasteiger partial charge in [-0.15, -0.1) is 0 Å². The Morgan fingerprint density at radius 1 is 1.60 bits per heavy atom. The van der Waals surface area contributed by atoms with Gasteiger partial charge in [-0.2, -0.15) is 0 Å². The summed E-state index contributed by atoms with van der Waals surface area (Å²) in [6.45, 7) is 4.71. The number of hydrogen-bond acceptors (Lipinski definition) is 2. The maximum Gasteiger partial charge on any atom is 0.0221 e. The predicted molar refractivity (Wildman–Crippen MR) is 47.9 cm³/mol. The standard InChI is InChI=1S/C7H17N2P/c1-6-3-4-9(10)5-7(6)8-2/h6-8H,3-5,10H2,1-2H3/t6-,7?/m1/s1. The van der Waals surface area contributed by atoms with E-state index in [0.29, 0.717) is 6.04 Å². The molecule has 0 aromatic heterocycles. The summed E-state index contributed by atoms with van der Waals surface area (Å²) < 4.78 is 2.31. The summed E-state index contributed by atoms with van der Waals surface area (Å²) in [6.07, 6.45) is 1.31. The lowest BCUT2D eigenvalue weighted by Gasteiger charge is -2.34. The number of hydrogen-bond donors (Lipinski definition) is 1. The lowest BCUT2D eigenvalue weighted by molar-refractivity contribution is 0.241. The zero-order valence-electron chi connectivity index (χ0n) is 6.80. The molecule has 1 N–H and O–H groups in total. The molecule has 0 spiro atoms. The predicted octanol–water partition coefficient (Wildman–Crippen LogP) is 0.706. The van der Waals surface area contributed by atoms with Gasteiger partial charge >= 0.3 is 0 Å². The van der Waals surface area contributed by atoms with Crippen molar-refractivity contribution in [3.05, 3.63) is 0 Å². The molecule has 2 unspecified atom stereocenters. The van der Waals surface area contributed by atoms with Gasteiger partial charge in [-0.05, 0) is 19.4 Å². The molecule has 1 heterocycles. The van der Waals surface area contributed by atoms with E-state index < -0.39 is 0 Å². The second kappa shape index (κ2) is 3.66. The Balaban J connectivity index is 2.38. The first-order valence-electron chi connectivity index (χ1n) is 3.91. The molecule has 3 atom stereocenters. The van der Waals surface area contributed by atoms with Crippen LogP contribution < -0.4 is 5.32 Å². The maximum absolute atomic E-state index is 3.33. The third-order valence-corrected chi connectivity index (χ3v) is 2.83. The van der Waals surface area contributed by atoms with Gasteiger partial charge in [-0.3, -0.25) is 4.67 Å². The molecule has 0 amide bonds. The van der Waals surface area contributed by atoms with Crippen molar-refractivity contribution in [2.45, 2.75) is 19.4 Å². The molecule has 0 aliphatic carbocycles. The van der Waals surface area contributed by atoms with Crippen LogP contribution >= 0.6 is 9.39 Å². The summed E-state index contributed by atoms with van der Waals surface area (Å²) in [7, 11) is 4.81. The SMILES string of the molecule is CNC1CN(P)CC[C@H]1C. The van der Waals surface area contributed by atoms with Gasteiger partial charge < -0.3 is 5.32 Å². The van der Waals surface area contributed by atoms with Gasteiger partial charge in [0, 0.05) is 19.1 Å². The average Bonchev–Trinajstić information content (AvgIpc) is 1.94. The molecule has 2 nitrogen and oxygen atoms in total. The van der Waals surface area contributed by atoms with Crippen LogP contribution in [0.3, 0.4) is 0 Å². The van der Waals surface area contributed by atoms with Gasteiger partial charge in [-0.25, -0.2) is 0 Å². The molecule has 0 aromatic rings. The van der Waals surface area contributed by atoms with Crippen molar-refractivity contribution in [3.63, 3.8) is 0 Å². The zero-order valence-corrected chi connectivity index (χ0v) is 7.96. The first-order valence-corrected chi connectivity index (χ1v) is 4.42. The highest BCUT2D eigenvalue weighted by Gasteiger charge is 2.22. The Labute approximate surface area is 65.6 Å². The van der Waals surface area contributed by atoms with Gasteiger partial charge in [0.25, 0.3) is 0 Å². The minimum atomic E-state index is 0.686. The molecule has 1 aliphatic rings. The van der Waals surface area contributed by atoms with E-state index in [-0.39, 0.29) is 0 Å². The minimum absolute atomic E-state index is 0.686. The molecule has 0 saturated carbocycles. The van der Waals surface area contributed by atoms with Crippen LogP contribution in [0.5, 0.6) is 0 Å². The first-order chi connectivity index (χ1) is 4.74. The smallest absolute Gasteiger partial charge is 0.0221 e. The molecule has 0 bridgehead atoms. The maximum atomic E-state index is 3.33. The molecule has 3 heteroatoms. The average molecular weight is 160 g/mol. The van der Waals surface area contributed by atoms with Gasteiger partial charge in [0.1, 0.15) is 0 Å². The molecule has 1 rings (SSSR count). The van der Waals surface area contributed by atoms with Crippen molar-refractivity contribution in [2.24, 2.45) is 5.92 Å². The van der Waals surface area contributed by atoms with Crippen LogP contribution in [0.15, 0.2) is 0 Å². The van der Waals surface area contributed by atoms with Crippen molar-refractivity contribution in [2.75, 3.05) is 20.1 Å². The zero-order chi connectivity index (χ0) is 7.56. The van der Waals surface area contributed by atoms with Crippen LogP contribution in [-0.2, 0) is 0 Å². The molecule has 0 radical (unpaired) electrons. The fourth-order valence-electron chi connectivity index (χ4n) is 1.47. The lowest BCUT2D eigenvalue weighted by atomic mass is 9.95. The van der Waals surface area contributed by atoms with Crippen LogP contribution in [0.4, 0.5) is 0 Å². The van der Waals surface area contributed by atoms with Crippen LogP contribution in [-0.4, -0.2) is 30.8 Å². The fraction of sp³-hybridized carbons (Fsp3) is 1.00. The van der Waals surface area contributed by atoms with Gasteiger partial charge in [0.2, 0.25) is 0 Å².